The summed E-state index contributed by atoms with van der Waals surface area (Å²) in [7, 11) is 1.63. The number of hydrogen-bond donors (Lipinski definition) is 0. The molecule has 0 aromatic carbocycles. The molecule has 0 saturated carbocycles. The highest BCUT2D eigenvalue weighted by atomic mass is 16.7. The molecule has 1 aliphatic heterocycles. The molecule has 17 heavy (non-hydrogen) atoms. The Bertz CT molecular complexity index is 213. The van der Waals surface area contributed by atoms with Gasteiger partial charge in [0.15, 0.2) is 0 Å². The van der Waals surface area contributed by atoms with E-state index < -0.39 is 6.29 Å². The largest absolute Gasteiger partial charge is 0.433 e. The summed E-state index contributed by atoms with van der Waals surface area (Å²) in [6.45, 7) is 3.99. The van der Waals surface area contributed by atoms with Crippen molar-refractivity contribution in [3.63, 3.8) is 0 Å². The molecule has 0 radical (unpaired) electrons. The molecule has 0 N–H and O–H groups in total. The zero-order chi connectivity index (χ0) is 12.5. The Balaban J connectivity index is 2.34. The number of carbonyl (C=O) groups is 1. The number of esters is 1. The smallest absolute Gasteiger partial charge is 0.311 e. The van der Waals surface area contributed by atoms with E-state index in [4.69, 9.17) is 18.9 Å². The maximum Gasteiger partial charge on any atom is 0.311 e. The van der Waals surface area contributed by atoms with Crippen LogP contribution in [0.25, 0.3) is 0 Å². The van der Waals surface area contributed by atoms with E-state index in [0.717, 1.165) is 12.8 Å². The predicted octanol–water partition coefficient (Wildman–Crippen LogP) is 1.36. The van der Waals surface area contributed by atoms with Crippen molar-refractivity contribution in [1.82, 2.24) is 0 Å². The first kappa shape index (κ1) is 14.4. The van der Waals surface area contributed by atoms with Gasteiger partial charge in [-0.05, 0) is 12.8 Å². The molecule has 0 aromatic rings. The summed E-state index contributed by atoms with van der Waals surface area (Å²) in [4.78, 5) is 11.9. The Kier molecular flexibility index (Phi) is 7.16. The fourth-order valence-corrected chi connectivity index (χ4v) is 1.75. The van der Waals surface area contributed by atoms with E-state index in [1.54, 1.807) is 7.11 Å². The summed E-state index contributed by atoms with van der Waals surface area (Å²) in [5.74, 6) is -0.315. The van der Waals surface area contributed by atoms with Crippen molar-refractivity contribution in [3.05, 3.63) is 0 Å². The normalized spacial score (nSPS) is 22.1. The SMILES string of the molecule is CCCC(CCOC)C(=O)OC1COCCO1. The molecule has 0 aromatic heterocycles. The van der Waals surface area contributed by atoms with Crippen molar-refractivity contribution in [1.29, 1.82) is 0 Å². The fraction of sp³-hybridized carbons (Fsp3) is 0.917. The topological polar surface area (TPSA) is 54.0 Å². The maximum atomic E-state index is 11.9. The molecule has 1 heterocycles. The van der Waals surface area contributed by atoms with Gasteiger partial charge in [0.1, 0.15) is 6.61 Å². The molecule has 1 aliphatic rings. The molecule has 2 atom stereocenters. The van der Waals surface area contributed by atoms with E-state index in [1.165, 1.54) is 0 Å². The lowest BCUT2D eigenvalue weighted by atomic mass is 10.0. The van der Waals surface area contributed by atoms with Crippen LogP contribution in [0, 0.1) is 5.92 Å². The van der Waals surface area contributed by atoms with E-state index in [-0.39, 0.29) is 11.9 Å². The second-order valence-corrected chi connectivity index (χ2v) is 4.08. The Labute approximate surface area is 102 Å². The minimum Gasteiger partial charge on any atom is -0.433 e. The van der Waals surface area contributed by atoms with Crippen LogP contribution in [-0.4, -0.2) is 45.8 Å². The Hall–Kier alpha value is -0.650. The van der Waals surface area contributed by atoms with E-state index >= 15 is 0 Å². The Morgan fingerprint density at radius 3 is 2.82 bits per heavy atom. The first-order valence-electron chi connectivity index (χ1n) is 6.16. The van der Waals surface area contributed by atoms with Gasteiger partial charge in [0, 0.05) is 13.7 Å². The van der Waals surface area contributed by atoms with Gasteiger partial charge in [0.25, 0.3) is 0 Å². The maximum absolute atomic E-state index is 11.9. The molecule has 1 rings (SSSR count). The highest BCUT2D eigenvalue weighted by molar-refractivity contribution is 5.72. The van der Waals surface area contributed by atoms with Crippen molar-refractivity contribution in [2.45, 2.75) is 32.5 Å². The number of rotatable bonds is 7. The van der Waals surface area contributed by atoms with E-state index in [2.05, 4.69) is 0 Å². The van der Waals surface area contributed by atoms with Crippen molar-refractivity contribution in [2.75, 3.05) is 33.5 Å². The number of hydrogen-bond acceptors (Lipinski definition) is 5. The Morgan fingerprint density at radius 1 is 1.41 bits per heavy atom. The van der Waals surface area contributed by atoms with Crippen LogP contribution >= 0.6 is 0 Å². The van der Waals surface area contributed by atoms with Gasteiger partial charge in [-0.2, -0.15) is 0 Å². The minimum absolute atomic E-state index is 0.106. The molecule has 1 fully saturated rings. The second kappa shape index (κ2) is 8.44. The van der Waals surface area contributed by atoms with Crippen molar-refractivity contribution in [3.8, 4) is 0 Å². The van der Waals surface area contributed by atoms with Crippen LogP contribution < -0.4 is 0 Å². The van der Waals surface area contributed by atoms with Gasteiger partial charge in [-0.25, -0.2) is 0 Å². The van der Waals surface area contributed by atoms with Crippen LogP contribution in [-0.2, 0) is 23.7 Å². The average Bonchev–Trinajstić information content (AvgIpc) is 2.35. The average molecular weight is 246 g/mol. The lowest BCUT2D eigenvalue weighted by molar-refractivity contribution is -0.217. The third-order valence-electron chi connectivity index (χ3n) is 2.67. The van der Waals surface area contributed by atoms with Crippen molar-refractivity contribution >= 4 is 5.97 Å². The molecule has 0 amide bonds. The van der Waals surface area contributed by atoms with Crippen LogP contribution in [0.4, 0.5) is 0 Å². The molecular formula is C12H22O5. The van der Waals surface area contributed by atoms with Gasteiger partial charge in [0.05, 0.1) is 19.1 Å². The molecule has 100 valence electrons. The van der Waals surface area contributed by atoms with Gasteiger partial charge >= 0.3 is 5.97 Å². The third kappa shape index (κ3) is 5.48. The molecule has 5 nitrogen and oxygen atoms in total. The Morgan fingerprint density at radius 2 is 2.24 bits per heavy atom. The lowest BCUT2D eigenvalue weighted by Crippen LogP contribution is -2.35. The molecule has 1 saturated heterocycles. The first-order chi connectivity index (χ1) is 8.27. The summed E-state index contributed by atoms with van der Waals surface area (Å²) < 4.78 is 20.7. The van der Waals surface area contributed by atoms with E-state index in [0.29, 0.717) is 32.8 Å². The first-order valence-corrected chi connectivity index (χ1v) is 6.16. The lowest BCUT2D eigenvalue weighted by Gasteiger charge is -2.24. The van der Waals surface area contributed by atoms with Crippen LogP contribution in [0.2, 0.25) is 0 Å². The number of methoxy groups -OCH3 is 1. The molecule has 0 spiro atoms. The molecular weight excluding hydrogens is 224 g/mol. The molecule has 2 unspecified atom stereocenters. The van der Waals surface area contributed by atoms with Crippen LogP contribution in [0.3, 0.4) is 0 Å². The predicted molar refractivity (Wildman–Crippen MR) is 61.5 cm³/mol. The van der Waals surface area contributed by atoms with Gasteiger partial charge < -0.3 is 18.9 Å². The zero-order valence-electron chi connectivity index (χ0n) is 10.6. The van der Waals surface area contributed by atoms with Gasteiger partial charge in [-0.3, -0.25) is 4.79 Å². The van der Waals surface area contributed by atoms with E-state index in [9.17, 15) is 4.79 Å². The second-order valence-electron chi connectivity index (χ2n) is 4.08. The van der Waals surface area contributed by atoms with Crippen LogP contribution in [0.5, 0.6) is 0 Å². The van der Waals surface area contributed by atoms with Gasteiger partial charge in [0.2, 0.25) is 6.29 Å². The molecule has 0 aliphatic carbocycles. The minimum atomic E-state index is -0.543. The molecule has 0 bridgehead atoms. The summed E-state index contributed by atoms with van der Waals surface area (Å²) in [6.07, 6.45) is 1.91. The van der Waals surface area contributed by atoms with E-state index in [1.807, 2.05) is 6.92 Å². The van der Waals surface area contributed by atoms with Gasteiger partial charge in [-0.1, -0.05) is 13.3 Å². The van der Waals surface area contributed by atoms with Crippen LogP contribution in [0.1, 0.15) is 26.2 Å². The monoisotopic (exact) mass is 246 g/mol. The summed E-state index contributed by atoms with van der Waals surface area (Å²) in [6, 6.07) is 0. The van der Waals surface area contributed by atoms with Crippen molar-refractivity contribution < 1.29 is 23.7 Å². The summed E-state index contributed by atoms with van der Waals surface area (Å²) in [5.41, 5.74) is 0. The van der Waals surface area contributed by atoms with Gasteiger partial charge in [-0.15, -0.1) is 0 Å². The highest BCUT2D eigenvalue weighted by Gasteiger charge is 2.24. The highest BCUT2D eigenvalue weighted by Crippen LogP contribution is 2.15. The third-order valence-corrected chi connectivity index (χ3v) is 2.67. The number of carbonyl (C=O) groups excluding carboxylic acids is 1. The molecule has 5 heteroatoms. The standard InChI is InChI=1S/C12H22O5/c1-3-4-10(5-6-14-2)12(13)17-11-9-15-7-8-16-11/h10-11H,3-9H2,1-2H3. The summed E-state index contributed by atoms with van der Waals surface area (Å²) >= 11 is 0. The summed E-state index contributed by atoms with van der Waals surface area (Å²) in [5, 5.41) is 0. The van der Waals surface area contributed by atoms with Crippen molar-refractivity contribution in [2.24, 2.45) is 5.92 Å². The number of ether oxygens (including phenoxy) is 4. The van der Waals surface area contributed by atoms with Crippen LogP contribution in [0.15, 0.2) is 0 Å². The zero-order valence-corrected chi connectivity index (χ0v) is 10.6. The quantitative estimate of drug-likeness (QED) is 0.635. The fourth-order valence-electron chi connectivity index (χ4n) is 1.75.